The first kappa shape index (κ1) is 21.2. The molecule has 0 spiro atoms. The van der Waals surface area contributed by atoms with Crippen LogP contribution in [0.25, 0.3) is 66.1 Å². The number of benzene rings is 5. The molecule has 3 nitrogen and oxygen atoms in total. The van der Waals surface area contributed by atoms with Crippen molar-refractivity contribution >= 4 is 43.8 Å². The lowest BCUT2D eigenvalue weighted by Gasteiger charge is -2.08. The number of para-hydroxylation sites is 1. The van der Waals surface area contributed by atoms with Crippen LogP contribution in [0.5, 0.6) is 5.75 Å². The van der Waals surface area contributed by atoms with E-state index in [0.717, 1.165) is 22.1 Å². The first-order valence-corrected chi connectivity index (χ1v) is 12.2. The van der Waals surface area contributed by atoms with E-state index in [4.69, 9.17) is 4.42 Å². The molecule has 0 radical (unpaired) electrons. The Kier molecular flexibility index (Phi) is 4.39. The number of fused-ring (bicyclic) bond motifs is 6. The van der Waals surface area contributed by atoms with Crippen molar-refractivity contribution in [1.29, 1.82) is 0 Å². The predicted molar refractivity (Wildman–Crippen MR) is 136 cm³/mol. The topological polar surface area (TPSA) is 39.4 Å². The maximum absolute atomic E-state index is 12.7. The van der Waals surface area contributed by atoms with Crippen LogP contribution in [0.3, 0.4) is 0 Å². The number of hydrogen-bond donors (Lipinski definition) is 0. The molecule has 0 saturated carbocycles. The summed E-state index contributed by atoms with van der Waals surface area (Å²) in [6, 6.07) is 29.0. The fourth-order valence-electron chi connectivity index (χ4n) is 5.15. The van der Waals surface area contributed by atoms with Gasteiger partial charge in [0.15, 0.2) is 0 Å². The Morgan fingerprint density at radius 1 is 0.694 bits per heavy atom. The van der Waals surface area contributed by atoms with Crippen LogP contribution in [0.15, 0.2) is 95.4 Å². The molecule has 0 fully saturated rings. The Bertz CT molecular complexity index is 1880. The Balaban J connectivity index is 1.37. The number of furan rings is 1. The SMILES string of the molecule is O=S(Oc1ccc2oc3c(-c4ccc5c(c4)-c4cccc6cccc-5c46)cccc3c2c1)C(F)(F)F. The van der Waals surface area contributed by atoms with Crippen molar-refractivity contribution in [3.63, 3.8) is 0 Å². The van der Waals surface area contributed by atoms with E-state index in [9.17, 15) is 17.4 Å². The molecule has 1 aromatic heterocycles. The summed E-state index contributed by atoms with van der Waals surface area (Å²) >= 11 is -3.45. The van der Waals surface area contributed by atoms with E-state index in [1.165, 1.54) is 45.7 Å². The van der Waals surface area contributed by atoms with Gasteiger partial charge in [-0.25, -0.2) is 4.21 Å². The molecule has 0 amide bonds. The van der Waals surface area contributed by atoms with Gasteiger partial charge in [0.1, 0.15) is 16.9 Å². The summed E-state index contributed by atoms with van der Waals surface area (Å²) in [5.74, 6) is -0.144. The molecule has 1 aliphatic carbocycles. The Labute approximate surface area is 205 Å². The third kappa shape index (κ3) is 3.09. The summed E-state index contributed by atoms with van der Waals surface area (Å²) in [6.07, 6.45) is 0. The molecule has 0 N–H and O–H groups in total. The van der Waals surface area contributed by atoms with Gasteiger partial charge in [0.25, 0.3) is 0 Å². The molecule has 36 heavy (non-hydrogen) atoms. The maximum Gasteiger partial charge on any atom is 0.508 e. The van der Waals surface area contributed by atoms with Crippen molar-refractivity contribution in [1.82, 2.24) is 0 Å². The Morgan fingerprint density at radius 3 is 2.19 bits per heavy atom. The van der Waals surface area contributed by atoms with Gasteiger partial charge in [-0.15, -0.1) is 0 Å². The van der Waals surface area contributed by atoms with Crippen molar-refractivity contribution in [2.45, 2.75) is 5.51 Å². The minimum atomic E-state index is -4.96. The van der Waals surface area contributed by atoms with Crippen LogP contribution in [0, 0.1) is 0 Å². The fourth-order valence-corrected chi connectivity index (χ4v) is 5.52. The van der Waals surface area contributed by atoms with Gasteiger partial charge in [-0.05, 0) is 62.9 Å². The lowest BCUT2D eigenvalue weighted by Crippen LogP contribution is -2.20. The Hall–Kier alpha value is -4.10. The van der Waals surface area contributed by atoms with Crippen molar-refractivity contribution in [3.8, 4) is 39.1 Å². The molecule has 1 unspecified atom stereocenters. The first-order valence-electron chi connectivity index (χ1n) is 11.2. The van der Waals surface area contributed by atoms with Crippen molar-refractivity contribution in [2.24, 2.45) is 0 Å². The highest BCUT2D eigenvalue weighted by molar-refractivity contribution is 7.81. The number of hydrogen-bond acceptors (Lipinski definition) is 3. The fraction of sp³-hybridized carbons (Fsp3) is 0.0345. The normalized spacial score (nSPS) is 13.4. The van der Waals surface area contributed by atoms with E-state index in [-0.39, 0.29) is 5.75 Å². The van der Waals surface area contributed by atoms with E-state index >= 15 is 0 Å². The van der Waals surface area contributed by atoms with E-state index in [1.54, 1.807) is 0 Å². The highest BCUT2D eigenvalue weighted by Crippen LogP contribution is 2.49. The van der Waals surface area contributed by atoms with Gasteiger partial charge in [0, 0.05) is 16.3 Å². The summed E-state index contributed by atoms with van der Waals surface area (Å²) in [5.41, 5.74) is 2.74. The largest absolute Gasteiger partial charge is 0.508 e. The van der Waals surface area contributed by atoms with Crippen LogP contribution in [-0.2, 0) is 11.1 Å². The molecule has 7 rings (SSSR count). The zero-order valence-corrected chi connectivity index (χ0v) is 19.2. The highest BCUT2D eigenvalue weighted by atomic mass is 32.2. The molecule has 1 heterocycles. The zero-order valence-electron chi connectivity index (χ0n) is 18.4. The highest BCUT2D eigenvalue weighted by Gasteiger charge is 2.40. The second-order valence-corrected chi connectivity index (χ2v) is 9.77. The standard InChI is InChI=1S/C29H15F3O3S/c30-29(31,32)36(33)35-18-11-13-26-25(15-18)23-9-3-6-19(28(23)34-26)17-10-12-20-21-7-1-4-16-5-2-8-22(27(16)21)24(20)14-17/h1-15H. The van der Waals surface area contributed by atoms with Gasteiger partial charge in [-0.2, -0.15) is 13.2 Å². The van der Waals surface area contributed by atoms with Crippen molar-refractivity contribution in [3.05, 3.63) is 91.0 Å². The molecule has 0 saturated heterocycles. The minimum absolute atomic E-state index is 0.144. The lowest BCUT2D eigenvalue weighted by atomic mass is 9.96. The van der Waals surface area contributed by atoms with E-state index in [2.05, 4.69) is 58.8 Å². The molecule has 1 atom stereocenters. The van der Waals surface area contributed by atoms with Gasteiger partial charge >= 0.3 is 16.6 Å². The minimum Gasteiger partial charge on any atom is -0.455 e. The molecule has 6 aromatic rings. The van der Waals surface area contributed by atoms with Gasteiger partial charge in [0.05, 0.1) is 0 Å². The third-order valence-corrected chi connectivity index (χ3v) is 7.37. The van der Waals surface area contributed by atoms with Crippen LogP contribution < -0.4 is 4.18 Å². The molecule has 0 bridgehead atoms. The lowest BCUT2D eigenvalue weighted by molar-refractivity contribution is -0.0437. The van der Waals surface area contributed by atoms with Crippen LogP contribution in [0.1, 0.15) is 0 Å². The Morgan fingerprint density at radius 2 is 1.42 bits per heavy atom. The molecule has 0 aliphatic heterocycles. The molecule has 7 heteroatoms. The van der Waals surface area contributed by atoms with Crippen LogP contribution in [-0.4, -0.2) is 9.72 Å². The van der Waals surface area contributed by atoms with Crippen LogP contribution >= 0.6 is 0 Å². The molecular formula is C29H15F3O3S. The summed E-state index contributed by atoms with van der Waals surface area (Å²) in [4.78, 5) is 0. The first-order chi connectivity index (χ1) is 17.4. The zero-order chi connectivity index (χ0) is 24.6. The summed E-state index contributed by atoms with van der Waals surface area (Å²) in [6.45, 7) is 0. The molecular weight excluding hydrogens is 485 g/mol. The second kappa shape index (κ2) is 7.45. The van der Waals surface area contributed by atoms with Crippen molar-refractivity contribution in [2.75, 3.05) is 0 Å². The van der Waals surface area contributed by atoms with Gasteiger partial charge in [0.2, 0.25) is 0 Å². The summed E-state index contributed by atoms with van der Waals surface area (Å²) in [7, 11) is 0. The molecule has 176 valence electrons. The van der Waals surface area contributed by atoms with Crippen molar-refractivity contribution < 1.29 is 26.0 Å². The maximum atomic E-state index is 12.7. The monoisotopic (exact) mass is 500 g/mol. The van der Waals surface area contributed by atoms with E-state index in [1.807, 2.05) is 18.2 Å². The average molecular weight is 500 g/mol. The quantitative estimate of drug-likeness (QED) is 0.244. The van der Waals surface area contributed by atoms with E-state index < -0.39 is 16.6 Å². The number of alkyl halides is 3. The van der Waals surface area contributed by atoms with Gasteiger partial charge in [-0.1, -0.05) is 66.7 Å². The van der Waals surface area contributed by atoms with Crippen LogP contribution in [0.4, 0.5) is 13.2 Å². The van der Waals surface area contributed by atoms with E-state index in [0.29, 0.717) is 16.6 Å². The smallest absolute Gasteiger partial charge is 0.455 e. The van der Waals surface area contributed by atoms with Crippen LogP contribution in [0.2, 0.25) is 0 Å². The number of rotatable bonds is 3. The molecule has 5 aromatic carbocycles. The third-order valence-electron chi connectivity index (χ3n) is 6.64. The summed E-state index contributed by atoms with van der Waals surface area (Å²) < 4.78 is 60.3. The average Bonchev–Trinajstić information content (AvgIpc) is 3.40. The number of halogens is 3. The van der Waals surface area contributed by atoms with Gasteiger partial charge < -0.3 is 8.60 Å². The summed E-state index contributed by atoms with van der Waals surface area (Å²) in [5, 5.41) is 3.77. The second-order valence-electron chi connectivity index (χ2n) is 8.68. The predicted octanol–water partition coefficient (Wildman–Crippen LogP) is 8.62. The molecule has 1 aliphatic rings. The van der Waals surface area contributed by atoms with Gasteiger partial charge in [-0.3, -0.25) is 0 Å².